The lowest BCUT2D eigenvalue weighted by atomic mass is 10.1. The van der Waals surface area contributed by atoms with Crippen molar-refractivity contribution in [2.75, 3.05) is 44.6 Å². The average Bonchev–Trinajstić information content (AvgIpc) is 2.40. The van der Waals surface area contributed by atoms with E-state index in [1.165, 1.54) is 13.1 Å². The fourth-order valence-electron chi connectivity index (χ4n) is 2.87. The number of hydrogen-bond donors (Lipinski definition) is 1. The molecule has 0 aliphatic carbocycles. The Kier molecular flexibility index (Phi) is 3.18. The zero-order valence-electron chi connectivity index (χ0n) is 11.2. The fourth-order valence-corrected chi connectivity index (χ4v) is 2.87. The zero-order valence-corrected chi connectivity index (χ0v) is 11.2. The van der Waals surface area contributed by atoms with Crippen LogP contribution in [0.3, 0.4) is 0 Å². The van der Waals surface area contributed by atoms with Gasteiger partial charge in [-0.2, -0.15) is 0 Å². The summed E-state index contributed by atoms with van der Waals surface area (Å²) in [5, 5.41) is 3.29. The summed E-state index contributed by atoms with van der Waals surface area (Å²) >= 11 is 0. The van der Waals surface area contributed by atoms with E-state index >= 15 is 0 Å². The van der Waals surface area contributed by atoms with Crippen molar-refractivity contribution in [3.05, 3.63) is 17.6 Å². The second kappa shape index (κ2) is 4.82. The Labute approximate surface area is 108 Å². The minimum absolute atomic E-state index is 0.379. The fraction of sp³-hybridized carbons (Fsp3) is 0.692. The number of aryl methyl sites for hydroxylation is 1. The number of aromatic nitrogens is 2. The van der Waals surface area contributed by atoms with Crippen LogP contribution in [0, 0.1) is 6.92 Å². The van der Waals surface area contributed by atoms with E-state index in [0.29, 0.717) is 6.04 Å². The van der Waals surface area contributed by atoms with Crippen LogP contribution in [0.4, 0.5) is 5.82 Å². The van der Waals surface area contributed by atoms with E-state index < -0.39 is 0 Å². The first-order valence-corrected chi connectivity index (χ1v) is 6.82. The molecule has 98 valence electrons. The van der Waals surface area contributed by atoms with Gasteiger partial charge in [-0.25, -0.2) is 9.97 Å². The highest BCUT2D eigenvalue weighted by molar-refractivity contribution is 5.36. The second-order valence-corrected chi connectivity index (χ2v) is 5.14. The van der Waals surface area contributed by atoms with Gasteiger partial charge in [-0.15, -0.1) is 0 Å². The topological polar surface area (TPSA) is 44.3 Å². The molecule has 3 fully saturated rings. The van der Waals surface area contributed by atoms with E-state index in [4.69, 9.17) is 0 Å². The van der Waals surface area contributed by atoms with Gasteiger partial charge in [-0.1, -0.05) is 0 Å². The summed E-state index contributed by atoms with van der Waals surface area (Å²) in [4.78, 5) is 14.3. The molecule has 0 spiro atoms. The summed E-state index contributed by atoms with van der Waals surface area (Å²) in [7, 11) is 0. The molecule has 3 saturated heterocycles. The van der Waals surface area contributed by atoms with E-state index in [-0.39, 0.29) is 0 Å². The number of rotatable bonds is 3. The van der Waals surface area contributed by atoms with Gasteiger partial charge in [0.1, 0.15) is 11.6 Å². The van der Waals surface area contributed by atoms with Crippen molar-refractivity contribution >= 4 is 5.82 Å². The Hall–Kier alpha value is -1.20. The molecule has 5 heteroatoms. The Bertz CT molecular complexity index is 425. The van der Waals surface area contributed by atoms with Gasteiger partial charge in [0.2, 0.25) is 0 Å². The third kappa shape index (κ3) is 2.20. The van der Waals surface area contributed by atoms with Gasteiger partial charge < -0.3 is 5.32 Å². The van der Waals surface area contributed by atoms with Gasteiger partial charge in [0, 0.05) is 51.0 Å². The van der Waals surface area contributed by atoms with Gasteiger partial charge in [0.05, 0.1) is 6.04 Å². The van der Waals surface area contributed by atoms with Gasteiger partial charge in [-0.3, -0.25) is 9.80 Å². The van der Waals surface area contributed by atoms with Crippen LogP contribution in [0.1, 0.15) is 24.5 Å². The lowest BCUT2D eigenvalue weighted by Gasteiger charge is -2.46. The van der Waals surface area contributed by atoms with Crippen LogP contribution in [0.2, 0.25) is 0 Å². The largest absolute Gasteiger partial charge is 0.370 e. The molecule has 1 atom stereocenters. The van der Waals surface area contributed by atoms with Crippen LogP contribution in [0.25, 0.3) is 0 Å². The molecule has 1 unspecified atom stereocenters. The van der Waals surface area contributed by atoms with Crippen molar-refractivity contribution in [3.63, 3.8) is 0 Å². The summed E-state index contributed by atoms with van der Waals surface area (Å²) in [5.74, 6) is 1.94. The van der Waals surface area contributed by atoms with Gasteiger partial charge >= 0.3 is 0 Å². The van der Waals surface area contributed by atoms with E-state index in [2.05, 4.69) is 32.0 Å². The average molecular weight is 247 g/mol. The maximum atomic E-state index is 4.68. The number of hydrogen-bond acceptors (Lipinski definition) is 5. The van der Waals surface area contributed by atoms with Crippen molar-refractivity contribution in [3.8, 4) is 0 Å². The molecule has 5 nitrogen and oxygen atoms in total. The van der Waals surface area contributed by atoms with Crippen LogP contribution in [-0.4, -0.2) is 59.0 Å². The van der Waals surface area contributed by atoms with Crippen LogP contribution in [0.15, 0.2) is 6.07 Å². The van der Waals surface area contributed by atoms with Crippen LogP contribution < -0.4 is 5.32 Å². The molecule has 3 aliphatic heterocycles. The predicted octanol–water partition coefficient (Wildman–Crippen LogP) is 0.889. The molecule has 1 N–H and O–H groups in total. The monoisotopic (exact) mass is 247 g/mol. The minimum Gasteiger partial charge on any atom is -0.370 e. The summed E-state index contributed by atoms with van der Waals surface area (Å²) in [6.07, 6.45) is 0. The first kappa shape index (κ1) is 11.9. The summed E-state index contributed by atoms with van der Waals surface area (Å²) in [5.41, 5.74) is 1.05. The lowest BCUT2D eigenvalue weighted by Crippen LogP contribution is -2.57. The molecule has 4 rings (SSSR count). The molecular formula is C13H21N5. The van der Waals surface area contributed by atoms with Crippen molar-refractivity contribution in [1.82, 2.24) is 19.8 Å². The maximum absolute atomic E-state index is 4.68. The highest BCUT2D eigenvalue weighted by Gasteiger charge is 2.34. The highest BCUT2D eigenvalue weighted by Crippen LogP contribution is 2.27. The molecular weight excluding hydrogens is 226 g/mol. The third-order valence-electron chi connectivity index (χ3n) is 3.81. The molecule has 0 radical (unpaired) electrons. The molecule has 3 aliphatic rings. The highest BCUT2D eigenvalue weighted by atomic mass is 15.4. The maximum Gasteiger partial charge on any atom is 0.149 e. The lowest BCUT2D eigenvalue weighted by molar-refractivity contribution is 0.00864. The van der Waals surface area contributed by atoms with Crippen LogP contribution >= 0.6 is 0 Å². The summed E-state index contributed by atoms with van der Waals surface area (Å²) in [6.45, 7) is 10.8. The Morgan fingerprint density at radius 2 is 2.06 bits per heavy atom. The number of anilines is 1. The van der Waals surface area contributed by atoms with E-state index in [9.17, 15) is 0 Å². The first-order valence-electron chi connectivity index (χ1n) is 6.82. The zero-order chi connectivity index (χ0) is 12.5. The summed E-state index contributed by atoms with van der Waals surface area (Å²) < 4.78 is 0. The van der Waals surface area contributed by atoms with Gasteiger partial charge in [0.25, 0.3) is 0 Å². The molecule has 4 heterocycles. The normalized spacial score (nSPS) is 30.4. The van der Waals surface area contributed by atoms with Crippen molar-refractivity contribution < 1.29 is 0 Å². The van der Waals surface area contributed by atoms with E-state index in [1.54, 1.807) is 0 Å². The number of nitrogens with one attached hydrogen (secondary N) is 1. The molecule has 0 saturated carbocycles. The van der Waals surface area contributed by atoms with Gasteiger partial charge in [0.15, 0.2) is 0 Å². The molecule has 0 aromatic carbocycles. The molecule has 1 aromatic heterocycles. The molecule has 2 bridgehead atoms. The van der Waals surface area contributed by atoms with E-state index in [1.807, 2.05) is 13.0 Å². The Morgan fingerprint density at radius 1 is 1.28 bits per heavy atom. The Balaban J connectivity index is 1.87. The standard InChI is InChI=1S/C13H21N5/c1-3-14-12-8-10(2)15-13(16-12)11-9-17-4-6-18(11)7-5-17/h8,11H,3-7,9H2,1-2H3,(H,14,15,16). The van der Waals surface area contributed by atoms with E-state index in [0.717, 1.165) is 43.5 Å². The summed E-state index contributed by atoms with van der Waals surface area (Å²) in [6, 6.07) is 2.40. The van der Waals surface area contributed by atoms with Crippen LogP contribution in [0.5, 0.6) is 0 Å². The molecule has 18 heavy (non-hydrogen) atoms. The Morgan fingerprint density at radius 3 is 2.67 bits per heavy atom. The molecule has 1 aromatic rings. The van der Waals surface area contributed by atoms with Crippen LogP contribution in [-0.2, 0) is 0 Å². The molecule has 0 amide bonds. The smallest absolute Gasteiger partial charge is 0.149 e. The van der Waals surface area contributed by atoms with Crippen molar-refractivity contribution in [2.24, 2.45) is 0 Å². The number of nitrogens with zero attached hydrogens (tertiary/aromatic N) is 4. The predicted molar refractivity (Wildman–Crippen MR) is 71.7 cm³/mol. The SMILES string of the molecule is CCNc1cc(C)nc(C2CN3CCN2CC3)n1. The number of fused-ring (bicyclic) bond motifs is 3. The second-order valence-electron chi connectivity index (χ2n) is 5.14. The van der Waals surface area contributed by atoms with Gasteiger partial charge in [-0.05, 0) is 13.8 Å². The van der Waals surface area contributed by atoms with Crippen molar-refractivity contribution in [1.29, 1.82) is 0 Å². The number of piperazine rings is 3. The minimum atomic E-state index is 0.379. The first-order chi connectivity index (χ1) is 8.76. The van der Waals surface area contributed by atoms with Crippen molar-refractivity contribution in [2.45, 2.75) is 19.9 Å². The quantitative estimate of drug-likeness (QED) is 0.859. The third-order valence-corrected chi connectivity index (χ3v) is 3.81.